The van der Waals surface area contributed by atoms with Gasteiger partial charge in [0.25, 0.3) is 11.7 Å². The lowest BCUT2D eigenvalue weighted by molar-refractivity contribution is -0.149. The predicted octanol–water partition coefficient (Wildman–Crippen LogP) is -0.861. The van der Waals surface area contributed by atoms with Crippen LogP contribution in [-0.4, -0.2) is 52.2 Å². The Morgan fingerprint density at radius 3 is 2.36 bits per heavy atom. The highest BCUT2D eigenvalue weighted by Gasteiger charge is 2.48. The topological polar surface area (TPSA) is 63.7 Å². The van der Waals surface area contributed by atoms with Gasteiger partial charge in [0.1, 0.15) is 0 Å². The summed E-state index contributed by atoms with van der Waals surface area (Å²) in [4.78, 5) is 22.7. The van der Waals surface area contributed by atoms with Crippen molar-refractivity contribution < 1.29 is 18.5 Å². The largest absolute Gasteiger partial charge is 0.353 e. The molecule has 0 bridgehead atoms. The summed E-state index contributed by atoms with van der Waals surface area (Å²) >= 11 is 0. The Balaban J connectivity index is 2.88. The molecule has 1 aliphatic heterocycles. The van der Waals surface area contributed by atoms with Gasteiger partial charge in [-0.3, -0.25) is 13.8 Å². The highest BCUT2D eigenvalue weighted by Crippen LogP contribution is 2.23. The Hall–Kier alpha value is -0.750. The van der Waals surface area contributed by atoms with Crippen LogP contribution in [0.2, 0.25) is 0 Å². The van der Waals surface area contributed by atoms with Crippen LogP contribution >= 0.6 is 0 Å². The first-order chi connectivity index (χ1) is 6.39. The number of rotatable bonds is 2. The molecule has 0 aromatic heterocycles. The second-order valence-corrected chi connectivity index (χ2v) is 5.25. The molecule has 1 fully saturated rings. The molecule has 0 N–H and O–H groups in total. The Kier molecular flexibility index (Phi) is 3.06. The number of carbonyl (C=O) groups excluding carboxylic acids is 2. The maximum absolute atomic E-state index is 11.6. The molecule has 6 heteroatoms. The lowest BCUT2D eigenvalue weighted by Gasteiger charge is -2.21. The van der Waals surface area contributed by atoms with Gasteiger partial charge in [-0.15, -0.1) is 0 Å². The van der Waals surface area contributed by atoms with Crippen LogP contribution in [-0.2, 0) is 25.1 Å². The van der Waals surface area contributed by atoms with Crippen LogP contribution in [0.1, 0.15) is 6.92 Å². The van der Waals surface area contributed by atoms with Crippen molar-refractivity contribution in [3.8, 4) is 0 Å². The molecule has 1 heterocycles. The van der Waals surface area contributed by atoms with Crippen LogP contribution in [0.25, 0.3) is 0 Å². The second-order valence-electron chi connectivity index (χ2n) is 3.37. The third-order valence-electron chi connectivity index (χ3n) is 2.09. The summed E-state index contributed by atoms with van der Waals surface area (Å²) < 4.78 is 16.5. The average molecular weight is 219 g/mol. The number of likely N-dealkylation sites (N-methyl/N-ethyl adjacent to an activating group) is 1. The fourth-order valence-corrected chi connectivity index (χ4v) is 2.27. The third kappa shape index (κ3) is 1.72. The van der Waals surface area contributed by atoms with Gasteiger partial charge >= 0.3 is 0 Å². The number of hydrogen-bond donors (Lipinski definition) is 0. The molecule has 5 nitrogen and oxygen atoms in total. The molecule has 0 saturated carbocycles. The zero-order chi connectivity index (χ0) is 10.9. The van der Waals surface area contributed by atoms with Gasteiger partial charge in [0, 0.05) is 14.1 Å². The molecule has 0 radical (unpaired) electrons. The van der Waals surface area contributed by atoms with E-state index in [0.717, 1.165) is 4.90 Å². The molecular formula is C8H13NO4S. The Morgan fingerprint density at radius 2 is 2.00 bits per heavy atom. The average Bonchev–Trinajstić information content (AvgIpc) is 2.46. The Morgan fingerprint density at radius 1 is 1.43 bits per heavy atom. The van der Waals surface area contributed by atoms with Crippen molar-refractivity contribution in [2.45, 2.75) is 11.9 Å². The number of carbonyl (C=O) groups is 2. The standard InChI is InChI=1S/C8H13NO4S/c1-8(13-4-5-14(8)12)6(10)7(11)9(2)3/h4-5H2,1-3H3/t8-,14?/m0/s1. The molecular weight excluding hydrogens is 206 g/mol. The van der Waals surface area contributed by atoms with Gasteiger partial charge in [0.2, 0.25) is 4.93 Å². The van der Waals surface area contributed by atoms with E-state index in [2.05, 4.69) is 0 Å². The van der Waals surface area contributed by atoms with Crippen LogP contribution in [0, 0.1) is 0 Å². The number of hydrogen-bond acceptors (Lipinski definition) is 4. The van der Waals surface area contributed by atoms with E-state index in [1.807, 2.05) is 0 Å². The molecule has 0 aromatic carbocycles. The lowest BCUT2D eigenvalue weighted by Crippen LogP contribution is -2.47. The molecule has 1 saturated heterocycles. The van der Waals surface area contributed by atoms with Gasteiger partial charge < -0.3 is 9.64 Å². The quantitative estimate of drug-likeness (QED) is 0.567. The second kappa shape index (κ2) is 3.78. The minimum atomic E-state index is -1.44. The van der Waals surface area contributed by atoms with E-state index in [1.54, 1.807) is 0 Å². The predicted molar refractivity (Wildman–Crippen MR) is 51.1 cm³/mol. The van der Waals surface area contributed by atoms with E-state index in [0.29, 0.717) is 5.75 Å². The van der Waals surface area contributed by atoms with Crippen LogP contribution in [0.4, 0.5) is 0 Å². The lowest BCUT2D eigenvalue weighted by atomic mass is 10.2. The molecule has 1 aliphatic rings. The maximum atomic E-state index is 11.6. The highest BCUT2D eigenvalue weighted by atomic mass is 32.2. The molecule has 1 unspecified atom stereocenters. The number of ketones is 1. The third-order valence-corrected chi connectivity index (χ3v) is 3.80. The molecule has 80 valence electrons. The molecule has 1 amide bonds. The van der Waals surface area contributed by atoms with Gasteiger partial charge in [-0.05, 0) is 6.92 Å². The minimum Gasteiger partial charge on any atom is -0.353 e. The first kappa shape index (κ1) is 11.3. The van der Waals surface area contributed by atoms with Crippen LogP contribution in [0.5, 0.6) is 0 Å². The SMILES string of the molecule is CN(C)C(=O)C(=O)[C@@]1(C)OCCS1=O. The summed E-state index contributed by atoms with van der Waals surface area (Å²) in [5.41, 5.74) is 0. The van der Waals surface area contributed by atoms with Crippen molar-refractivity contribution in [3.05, 3.63) is 0 Å². The summed E-state index contributed by atoms with van der Waals surface area (Å²) in [5.74, 6) is -1.11. The van der Waals surface area contributed by atoms with Gasteiger partial charge in [0.15, 0.2) is 0 Å². The molecule has 1 rings (SSSR count). The van der Waals surface area contributed by atoms with Gasteiger partial charge in [0.05, 0.1) is 23.2 Å². The van der Waals surface area contributed by atoms with Crippen LogP contribution in [0.3, 0.4) is 0 Å². The number of Topliss-reactive ketones (excluding diaryl/α,β-unsaturated/α-hetero) is 1. The van der Waals surface area contributed by atoms with Crippen molar-refractivity contribution >= 4 is 22.5 Å². The van der Waals surface area contributed by atoms with Gasteiger partial charge in [-0.1, -0.05) is 0 Å². The number of ether oxygens (including phenoxy) is 1. The molecule has 14 heavy (non-hydrogen) atoms. The monoisotopic (exact) mass is 219 g/mol. The summed E-state index contributed by atoms with van der Waals surface area (Å²) in [6, 6.07) is 0. The highest BCUT2D eigenvalue weighted by molar-refractivity contribution is 7.87. The smallest absolute Gasteiger partial charge is 0.293 e. The van der Waals surface area contributed by atoms with Gasteiger partial charge in [-0.25, -0.2) is 0 Å². The zero-order valence-corrected chi connectivity index (χ0v) is 9.22. The molecule has 0 spiro atoms. The fraction of sp³-hybridized carbons (Fsp3) is 0.750. The molecule has 0 aromatic rings. The zero-order valence-electron chi connectivity index (χ0n) is 8.40. The normalized spacial score (nSPS) is 31.5. The first-order valence-corrected chi connectivity index (χ1v) is 5.50. The van der Waals surface area contributed by atoms with Crippen LogP contribution in [0.15, 0.2) is 0 Å². The van der Waals surface area contributed by atoms with Crippen molar-refractivity contribution in [1.82, 2.24) is 4.90 Å². The number of nitrogens with zero attached hydrogens (tertiary/aromatic N) is 1. The Bertz CT molecular complexity index is 302. The van der Waals surface area contributed by atoms with E-state index in [9.17, 15) is 13.8 Å². The summed E-state index contributed by atoms with van der Waals surface area (Å²) in [6.45, 7) is 1.66. The van der Waals surface area contributed by atoms with Crippen molar-refractivity contribution in [2.75, 3.05) is 26.5 Å². The molecule has 2 atom stereocenters. The minimum absolute atomic E-state index is 0.259. The van der Waals surface area contributed by atoms with E-state index >= 15 is 0 Å². The molecule has 0 aliphatic carbocycles. The Labute approximate surface area is 84.9 Å². The fourth-order valence-electron chi connectivity index (χ4n) is 1.14. The summed E-state index contributed by atoms with van der Waals surface area (Å²) in [6.07, 6.45) is 0. The first-order valence-electron chi connectivity index (χ1n) is 4.18. The van der Waals surface area contributed by atoms with Crippen molar-refractivity contribution in [2.24, 2.45) is 0 Å². The summed E-state index contributed by atoms with van der Waals surface area (Å²) in [7, 11) is 1.53. The van der Waals surface area contributed by atoms with Gasteiger partial charge in [-0.2, -0.15) is 0 Å². The number of amides is 1. The van der Waals surface area contributed by atoms with E-state index in [4.69, 9.17) is 4.74 Å². The van der Waals surface area contributed by atoms with E-state index in [-0.39, 0.29) is 6.61 Å². The van der Waals surface area contributed by atoms with Crippen LogP contribution < -0.4 is 0 Å². The van der Waals surface area contributed by atoms with Crippen molar-refractivity contribution in [1.29, 1.82) is 0 Å². The van der Waals surface area contributed by atoms with E-state index < -0.39 is 27.4 Å². The van der Waals surface area contributed by atoms with E-state index in [1.165, 1.54) is 21.0 Å². The summed E-state index contributed by atoms with van der Waals surface area (Å²) in [5, 5.41) is 0. The maximum Gasteiger partial charge on any atom is 0.293 e. The van der Waals surface area contributed by atoms with Crippen molar-refractivity contribution in [3.63, 3.8) is 0 Å².